The Morgan fingerprint density at radius 2 is 1.86 bits per heavy atom. The summed E-state index contributed by atoms with van der Waals surface area (Å²) in [7, 11) is 6.83. The van der Waals surface area contributed by atoms with Crippen molar-refractivity contribution in [3.05, 3.63) is 0 Å². The van der Waals surface area contributed by atoms with Crippen molar-refractivity contribution in [3.63, 3.8) is 0 Å². The van der Waals surface area contributed by atoms with E-state index in [1.165, 1.54) is 6.92 Å². The van der Waals surface area contributed by atoms with Crippen molar-refractivity contribution in [1.29, 1.82) is 0 Å². The van der Waals surface area contributed by atoms with Crippen LogP contribution in [-0.4, -0.2) is 111 Å². The Hall–Kier alpha value is -0.810. The number of likely N-dealkylation sites (tertiary alicyclic amines) is 1. The maximum absolute atomic E-state index is 13.1. The molecule has 1 heterocycles. The van der Waals surface area contributed by atoms with Crippen LogP contribution >= 0.6 is 0 Å². The van der Waals surface area contributed by atoms with Gasteiger partial charge in [0.2, 0.25) is 0 Å². The van der Waals surface area contributed by atoms with E-state index in [1.54, 1.807) is 28.4 Å². The molecule has 13 atom stereocenters. The van der Waals surface area contributed by atoms with E-state index >= 15 is 0 Å². The number of ether oxygens (including phenoxy) is 5. The first-order valence-corrected chi connectivity index (χ1v) is 13.6. The molecule has 5 aliphatic carbocycles. The van der Waals surface area contributed by atoms with Crippen LogP contribution < -0.4 is 0 Å². The normalized spacial score (nSPS) is 56.6. The van der Waals surface area contributed by atoms with E-state index in [-0.39, 0.29) is 53.8 Å². The van der Waals surface area contributed by atoms with Gasteiger partial charge < -0.3 is 33.9 Å². The number of esters is 1. The van der Waals surface area contributed by atoms with E-state index in [4.69, 9.17) is 23.7 Å². The van der Waals surface area contributed by atoms with Gasteiger partial charge in [-0.3, -0.25) is 9.69 Å². The minimum atomic E-state index is -1.59. The second-order valence-electron chi connectivity index (χ2n) is 12.5. The highest BCUT2D eigenvalue weighted by atomic mass is 16.6. The average Bonchev–Trinajstić information content (AvgIpc) is 3.23. The predicted molar refractivity (Wildman–Crippen MR) is 128 cm³/mol. The van der Waals surface area contributed by atoms with Crippen LogP contribution in [0, 0.1) is 34.5 Å². The third-order valence-electron chi connectivity index (χ3n) is 11.8. The zero-order valence-corrected chi connectivity index (χ0v) is 22.4. The summed E-state index contributed by atoms with van der Waals surface area (Å²) in [5.74, 6) is -0.924. The second kappa shape index (κ2) is 8.10. The number of hydrogen-bond donors (Lipinski definition) is 2. The zero-order valence-electron chi connectivity index (χ0n) is 22.4. The number of rotatable bonds is 7. The molecule has 6 aliphatic rings. The van der Waals surface area contributed by atoms with Crippen LogP contribution in [0.1, 0.15) is 39.5 Å². The lowest BCUT2D eigenvalue weighted by Gasteiger charge is -2.70. The molecule has 5 saturated carbocycles. The summed E-state index contributed by atoms with van der Waals surface area (Å²) in [6.07, 6.45) is 1.20. The van der Waals surface area contributed by atoms with Crippen LogP contribution in [0.15, 0.2) is 0 Å². The molecule has 6 rings (SSSR count). The summed E-state index contributed by atoms with van der Waals surface area (Å²) in [6, 6.07) is -0.348. The molecule has 7 bridgehead atoms. The van der Waals surface area contributed by atoms with E-state index in [2.05, 4.69) is 11.8 Å². The standard InChI is InChI=1S/C27H43NO8/c1-7-28-12-24(13-32-3)9-8-18(34-5)26-16-10-15-17(33-4)11-25(30,19(16)20(15)36-14(2)29)27(31,23(26)28)22(35-6)21(24)26/h15-23,30-31H,7-13H2,1-6H3/t15-,16-,17+,18+,19-,20+,21-,22+,23-,24+,25-,26+,27-/m1/s1. The van der Waals surface area contributed by atoms with Crippen molar-refractivity contribution in [1.82, 2.24) is 4.90 Å². The summed E-state index contributed by atoms with van der Waals surface area (Å²) in [5.41, 5.74) is -3.87. The lowest BCUT2D eigenvalue weighted by Crippen LogP contribution is -2.82. The van der Waals surface area contributed by atoms with Crippen LogP contribution in [0.5, 0.6) is 0 Å². The molecule has 9 heteroatoms. The fourth-order valence-electron chi connectivity index (χ4n) is 11.3. The quantitative estimate of drug-likeness (QED) is 0.483. The van der Waals surface area contributed by atoms with Gasteiger partial charge in [-0.2, -0.15) is 0 Å². The number of fused-ring (bicyclic) bond motifs is 2. The number of hydrogen-bond acceptors (Lipinski definition) is 9. The highest BCUT2D eigenvalue weighted by Gasteiger charge is 2.91. The van der Waals surface area contributed by atoms with Crippen LogP contribution in [0.4, 0.5) is 0 Å². The third-order valence-corrected chi connectivity index (χ3v) is 11.8. The second-order valence-corrected chi connectivity index (χ2v) is 12.5. The summed E-state index contributed by atoms with van der Waals surface area (Å²) in [4.78, 5) is 14.7. The van der Waals surface area contributed by atoms with Crippen LogP contribution in [0.3, 0.4) is 0 Å². The minimum absolute atomic E-state index is 0.0248. The summed E-state index contributed by atoms with van der Waals surface area (Å²) < 4.78 is 30.5. The van der Waals surface area contributed by atoms with Crippen LogP contribution in [0.2, 0.25) is 0 Å². The minimum Gasteiger partial charge on any atom is -0.462 e. The molecule has 2 N–H and O–H groups in total. The molecule has 9 nitrogen and oxygen atoms in total. The zero-order chi connectivity index (χ0) is 25.8. The van der Waals surface area contributed by atoms with Crippen molar-refractivity contribution in [3.8, 4) is 0 Å². The highest BCUT2D eigenvalue weighted by molar-refractivity contribution is 5.66. The van der Waals surface area contributed by atoms with E-state index < -0.39 is 34.7 Å². The van der Waals surface area contributed by atoms with E-state index in [0.29, 0.717) is 6.61 Å². The Kier molecular flexibility index (Phi) is 5.73. The number of piperidine rings is 1. The van der Waals surface area contributed by atoms with Gasteiger partial charge in [0.25, 0.3) is 0 Å². The van der Waals surface area contributed by atoms with E-state index in [1.807, 2.05) is 0 Å². The topological polar surface area (TPSA) is 107 Å². The fraction of sp³-hybridized carbons (Fsp3) is 0.963. The van der Waals surface area contributed by atoms with Gasteiger partial charge in [0.1, 0.15) is 17.3 Å². The molecule has 0 aromatic heterocycles. The maximum atomic E-state index is 13.1. The van der Waals surface area contributed by atoms with Crippen molar-refractivity contribution in [2.24, 2.45) is 34.5 Å². The lowest BCUT2D eigenvalue weighted by molar-refractivity contribution is -0.319. The first-order chi connectivity index (χ1) is 17.2. The molecule has 0 radical (unpaired) electrons. The molecule has 36 heavy (non-hydrogen) atoms. The van der Waals surface area contributed by atoms with Crippen LogP contribution in [0.25, 0.3) is 0 Å². The molecule has 1 spiro atoms. The Morgan fingerprint density at radius 3 is 2.44 bits per heavy atom. The molecule has 0 aromatic carbocycles. The average molecular weight is 510 g/mol. The molecule has 0 aromatic rings. The number of carbonyl (C=O) groups excluding carboxylic acids is 1. The Morgan fingerprint density at radius 1 is 1.11 bits per heavy atom. The van der Waals surface area contributed by atoms with Gasteiger partial charge in [-0.05, 0) is 31.7 Å². The fourth-order valence-corrected chi connectivity index (χ4v) is 11.3. The molecule has 204 valence electrons. The molecule has 6 fully saturated rings. The van der Waals surface area contributed by atoms with Gasteiger partial charge in [-0.15, -0.1) is 0 Å². The number of carbonyl (C=O) groups is 1. The SMILES string of the molecule is CCN1C[C@]2(COC)CC[C@H](OC)[C@]34[C@@H]5C[C@H]6[C@H](OC(C)=O)[C@@H]5[C@](O)(C[C@@H]6OC)[C@](O)([C@H]13)[C@@H](OC)[C@H]24. The van der Waals surface area contributed by atoms with Gasteiger partial charge >= 0.3 is 5.97 Å². The smallest absolute Gasteiger partial charge is 0.302 e. The lowest BCUT2D eigenvalue weighted by atomic mass is 9.42. The van der Waals surface area contributed by atoms with Gasteiger partial charge in [0.15, 0.2) is 0 Å². The number of likely N-dealkylation sites (N-methyl/N-ethyl adjacent to an activating group) is 1. The summed E-state index contributed by atoms with van der Waals surface area (Å²) in [6.45, 7) is 5.62. The van der Waals surface area contributed by atoms with Crippen molar-refractivity contribution in [2.45, 2.75) is 81.2 Å². The Labute approximate surface area is 213 Å². The van der Waals surface area contributed by atoms with Gasteiger partial charge in [0, 0.05) is 76.9 Å². The number of methoxy groups -OCH3 is 4. The van der Waals surface area contributed by atoms with E-state index in [0.717, 1.165) is 32.4 Å². The maximum Gasteiger partial charge on any atom is 0.302 e. The van der Waals surface area contributed by atoms with Crippen molar-refractivity contribution in [2.75, 3.05) is 48.1 Å². The molecule has 0 unspecified atom stereocenters. The first-order valence-electron chi connectivity index (χ1n) is 13.6. The highest BCUT2D eigenvalue weighted by Crippen LogP contribution is 2.80. The van der Waals surface area contributed by atoms with Gasteiger partial charge in [0.05, 0.1) is 31.0 Å². The van der Waals surface area contributed by atoms with Gasteiger partial charge in [-0.1, -0.05) is 6.92 Å². The third kappa shape index (κ3) is 2.55. The molecular weight excluding hydrogens is 466 g/mol. The van der Waals surface area contributed by atoms with Crippen molar-refractivity contribution < 1.29 is 38.7 Å². The molecule has 0 amide bonds. The number of aliphatic hydroxyl groups is 2. The molecular formula is C27H43NO8. The first kappa shape index (κ1) is 25.5. The number of nitrogens with zero attached hydrogens (tertiary/aromatic N) is 1. The predicted octanol–water partition coefficient (Wildman–Crippen LogP) is 0.842. The molecule has 1 saturated heterocycles. The Bertz CT molecular complexity index is 918. The summed E-state index contributed by atoms with van der Waals surface area (Å²) in [5, 5.41) is 26.0. The Balaban J connectivity index is 1.66. The monoisotopic (exact) mass is 509 g/mol. The van der Waals surface area contributed by atoms with Crippen molar-refractivity contribution >= 4 is 5.97 Å². The summed E-state index contributed by atoms with van der Waals surface area (Å²) >= 11 is 0. The van der Waals surface area contributed by atoms with E-state index in [9.17, 15) is 15.0 Å². The van der Waals surface area contributed by atoms with Gasteiger partial charge in [-0.25, -0.2) is 0 Å². The molecule has 1 aliphatic heterocycles. The van der Waals surface area contributed by atoms with Crippen LogP contribution in [-0.2, 0) is 28.5 Å². The largest absolute Gasteiger partial charge is 0.462 e.